The molecule has 1 unspecified atom stereocenters. The standard InChI is InChI=1S/C29H37ClN2O/c1-28(2,3)26-19-22-18-24(11-12-25(22)32(26)16-15-30)31-27(33)29(13-14-29)23-10-9-20-7-5-4-6-8-21(20)17-23/h9-12,17-18,26H,4-8,13-16,19H2,1-3H3,(H,31,33). The molecule has 2 aromatic rings. The first-order valence-corrected chi connectivity index (χ1v) is 13.2. The number of rotatable bonds is 5. The van der Waals surface area contributed by atoms with Gasteiger partial charge in [0.1, 0.15) is 0 Å². The fourth-order valence-electron chi connectivity index (χ4n) is 5.96. The maximum atomic E-state index is 13.5. The molecule has 3 aliphatic rings. The lowest BCUT2D eigenvalue weighted by atomic mass is 9.84. The van der Waals surface area contributed by atoms with Crippen LogP contribution in [0.25, 0.3) is 0 Å². The molecule has 1 aliphatic heterocycles. The maximum absolute atomic E-state index is 13.5. The van der Waals surface area contributed by atoms with E-state index in [9.17, 15) is 4.79 Å². The SMILES string of the molecule is CC(C)(C)C1Cc2cc(NC(=O)C3(c4ccc5c(c4)CCCCC5)CC3)ccc2N1CCCl. The van der Waals surface area contributed by atoms with Gasteiger partial charge in [0.15, 0.2) is 0 Å². The van der Waals surface area contributed by atoms with E-state index in [2.05, 4.69) is 67.4 Å². The van der Waals surface area contributed by atoms with Crippen molar-refractivity contribution >= 4 is 28.9 Å². The first-order valence-electron chi connectivity index (χ1n) is 12.7. The number of nitrogens with one attached hydrogen (secondary N) is 1. The van der Waals surface area contributed by atoms with Gasteiger partial charge in [-0.05, 0) is 90.8 Å². The highest BCUT2D eigenvalue weighted by Crippen LogP contribution is 2.50. The van der Waals surface area contributed by atoms with Gasteiger partial charge in [0, 0.05) is 29.8 Å². The van der Waals surface area contributed by atoms with Crippen molar-refractivity contribution in [3.63, 3.8) is 0 Å². The molecule has 1 amide bonds. The highest BCUT2D eigenvalue weighted by molar-refractivity contribution is 6.18. The predicted octanol–water partition coefficient (Wildman–Crippen LogP) is 6.64. The number of hydrogen-bond donors (Lipinski definition) is 1. The zero-order chi connectivity index (χ0) is 23.2. The van der Waals surface area contributed by atoms with E-state index in [-0.39, 0.29) is 16.7 Å². The first-order chi connectivity index (χ1) is 15.8. The van der Waals surface area contributed by atoms with Crippen LogP contribution in [-0.4, -0.2) is 24.4 Å². The van der Waals surface area contributed by atoms with Crippen molar-refractivity contribution in [2.75, 3.05) is 22.6 Å². The van der Waals surface area contributed by atoms with Crippen molar-refractivity contribution in [2.24, 2.45) is 5.41 Å². The summed E-state index contributed by atoms with van der Waals surface area (Å²) in [6.45, 7) is 7.74. The number of benzene rings is 2. The Morgan fingerprint density at radius 3 is 2.48 bits per heavy atom. The number of alkyl halides is 1. The molecule has 0 bridgehead atoms. The molecule has 4 heteroatoms. The minimum Gasteiger partial charge on any atom is -0.366 e. The molecule has 2 aliphatic carbocycles. The third-order valence-corrected chi connectivity index (χ3v) is 8.27. The summed E-state index contributed by atoms with van der Waals surface area (Å²) in [5, 5.41) is 3.28. The van der Waals surface area contributed by atoms with E-state index in [4.69, 9.17) is 11.6 Å². The van der Waals surface area contributed by atoms with E-state index in [1.807, 2.05) is 0 Å². The molecule has 33 heavy (non-hydrogen) atoms. The zero-order valence-electron chi connectivity index (χ0n) is 20.3. The van der Waals surface area contributed by atoms with Crippen molar-refractivity contribution in [3.05, 3.63) is 58.7 Å². The van der Waals surface area contributed by atoms with Crippen LogP contribution in [0.3, 0.4) is 0 Å². The molecule has 5 rings (SSSR count). The molecule has 1 atom stereocenters. The Kier molecular flexibility index (Phi) is 5.97. The number of amides is 1. The lowest BCUT2D eigenvalue weighted by Gasteiger charge is -2.36. The summed E-state index contributed by atoms with van der Waals surface area (Å²) in [5.74, 6) is 0.771. The van der Waals surface area contributed by atoms with Crippen molar-refractivity contribution < 1.29 is 4.79 Å². The summed E-state index contributed by atoms with van der Waals surface area (Å²) in [6.07, 6.45) is 9.08. The fourth-order valence-corrected chi connectivity index (χ4v) is 6.15. The van der Waals surface area contributed by atoms with Gasteiger partial charge in [-0.15, -0.1) is 11.6 Å². The van der Waals surface area contributed by atoms with Crippen LogP contribution in [0.4, 0.5) is 11.4 Å². The summed E-state index contributed by atoms with van der Waals surface area (Å²) in [7, 11) is 0. The highest BCUT2D eigenvalue weighted by atomic mass is 35.5. The van der Waals surface area contributed by atoms with Crippen molar-refractivity contribution in [2.45, 2.75) is 83.6 Å². The Balaban J connectivity index is 1.36. The molecule has 0 spiro atoms. The maximum Gasteiger partial charge on any atom is 0.235 e. The summed E-state index contributed by atoms with van der Waals surface area (Å²) in [6, 6.07) is 13.7. The van der Waals surface area contributed by atoms with Crippen molar-refractivity contribution in [1.29, 1.82) is 0 Å². The van der Waals surface area contributed by atoms with Crippen LogP contribution in [0.1, 0.15) is 75.1 Å². The van der Waals surface area contributed by atoms with Crippen LogP contribution in [-0.2, 0) is 29.5 Å². The van der Waals surface area contributed by atoms with Gasteiger partial charge in [0.25, 0.3) is 0 Å². The van der Waals surface area contributed by atoms with Crippen LogP contribution >= 0.6 is 11.6 Å². The number of carbonyl (C=O) groups excluding carboxylic acids is 1. The number of halogens is 1. The smallest absolute Gasteiger partial charge is 0.235 e. The van der Waals surface area contributed by atoms with Crippen LogP contribution in [0.15, 0.2) is 36.4 Å². The number of aryl methyl sites for hydroxylation is 2. The molecule has 1 heterocycles. The van der Waals surface area contributed by atoms with Gasteiger partial charge in [0.05, 0.1) is 5.41 Å². The van der Waals surface area contributed by atoms with Crippen LogP contribution in [0.5, 0.6) is 0 Å². The second-order valence-electron chi connectivity index (χ2n) is 11.4. The number of carbonyl (C=O) groups is 1. The molecule has 176 valence electrons. The normalized spacial score (nSPS) is 21.2. The summed E-state index contributed by atoms with van der Waals surface area (Å²) in [5.41, 5.74) is 7.48. The lowest BCUT2D eigenvalue weighted by molar-refractivity contribution is -0.118. The van der Waals surface area contributed by atoms with Crippen molar-refractivity contribution in [1.82, 2.24) is 0 Å². The molecule has 0 radical (unpaired) electrons. The van der Waals surface area contributed by atoms with Crippen LogP contribution < -0.4 is 10.2 Å². The fraction of sp³-hybridized carbons (Fsp3) is 0.552. The summed E-state index contributed by atoms with van der Waals surface area (Å²) >= 11 is 6.13. The second-order valence-corrected chi connectivity index (χ2v) is 11.8. The molecule has 1 N–H and O–H groups in total. The Labute approximate surface area is 203 Å². The van der Waals surface area contributed by atoms with Gasteiger partial charge >= 0.3 is 0 Å². The van der Waals surface area contributed by atoms with Crippen molar-refractivity contribution in [3.8, 4) is 0 Å². The molecular weight excluding hydrogens is 428 g/mol. The van der Waals surface area contributed by atoms with Gasteiger partial charge in [-0.25, -0.2) is 0 Å². The number of nitrogens with zero attached hydrogens (tertiary/aromatic N) is 1. The third-order valence-electron chi connectivity index (χ3n) is 8.10. The highest BCUT2D eigenvalue weighted by Gasteiger charge is 2.51. The predicted molar refractivity (Wildman–Crippen MR) is 139 cm³/mol. The van der Waals surface area contributed by atoms with Gasteiger partial charge in [-0.3, -0.25) is 4.79 Å². The van der Waals surface area contributed by atoms with E-state index in [1.54, 1.807) is 0 Å². The first kappa shape index (κ1) is 22.8. The molecule has 0 saturated heterocycles. The average molecular weight is 465 g/mol. The number of hydrogen-bond acceptors (Lipinski definition) is 2. The Morgan fingerprint density at radius 2 is 1.79 bits per heavy atom. The molecular formula is C29H37ClN2O. The quantitative estimate of drug-likeness (QED) is 0.397. The molecule has 3 nitrogen and oxygen atoms in total. The second kappa shape index (κ2) is 8.65. The minimum absolute atomic E-state index is 0.152. The van der Waals surface area contributed by atoms with E-state index in [0.29, 0.717) is 11.9 Å². The van der Waals surface area contributed by atoms with E-state index < -0.39 is 0 Å². The monoisotopic (exact) mass is 464 g/mol. The Bertz CT molecular complexity index is 1050. The summed E-state index contributed by atoms with van der Waals surface area (Å²) in [4.78, 5) is 15.9. The van der Waals surface area contributed by atoms with E-state index in [1.165, 1.54) is 53.6 Å². The number of fused-ring (bicyclic) bond motifs is 2. The minimum atomic E-state index is -0.348. The molecule has 2 aromatic carbocycles. The largest absolute Gasteiger partial charge is 0.366 e. The molecule has 1 saturated carbocycles. The number of anilines is 2. The zero-order valence-corrected chi connectivity index (χ0v) is 21.1. The molecule has 1 fully saturated rings. The van der Waals surface area contributed by atoms with Gasteiger partial charge in [-0.1, -0.05) is 45.4 Å². The van der Waals surface area contributed by atoms with Crippen LogP contribution in [0.2, 0.25) is 0 Å². The molecule has 0 aromatic heterocycles. The van der Waals surface area contributed by atoms with Gasteiger partial charge < -0.3 is 10.2 Å². The van der Waals surface area contributed by atoms with E-state index in [0.717, 1.165) is 37.9 Å². The van der Waals surface area contributed by atoms with Gasteiger partial charge in [-0.2, -0.15) is 0 Å². The summed E-state index contributed by atoms with van der Waals surface area (Å²) < 4.78 is 0. The van der Waals surface area contributed by atoms with E-state index >= 15 is 0 Å². The van der Waals surface area contributed by atoms with Crippen LogP contribution in [0, 0.1) is 5.41 Å². The van der Waals surface area contributed by atoms with Gasteiger partial charge in [0.2, 0.25) is 5.91 Å². The third kappa shape index (κ3) is 4.30. The Hall–Kier alpha value is -2.00. The lowest BCUT2D eigenvalue weighted by Crippen LogP contribution is -2.42. The average Bonchev–Trinajstić information content (AvgIpc) is 3.55. The Morgan fingerprint density at radius 1 is 1.03 bits per heavy atom. The topological polar surface area (TPSA) is 32.3 Å².